The van der Waals surface area contributed by atoms with Gasteiger partial charge in [-0.2, -0.15) is 0 Å². The molecular formula is C12H11N7O2. The van der Waals surface area contributed by atoms with Crippen molar-refractivity contribution in [2.75, 3.05) is 5.32 Å². The van der Waals surface area contributed by atoms with E-state index in [0.29, 0.717) is 23.7 Å². The Kier molecular flexibility index (Phi) is 3.37. The number of aromatic nitrogens is 6. The van der Waals surface area contributed by atoms with E-state index in [2.05, 4.69) is 30.6 Å². The first-order valence-corrected chi connectivity index (χ1v) is 6.13. The molecule has 9 nitrogen and oxygen atoms in total. The monoisotopic (exact) mass is 285 g/mol. The molecule has 0 atom stereocenters. The first kappa shape index (κ1) is 12.9. The van der Waals surface area contributed by atoms with Gasteiger partial charge in [0.2, 0.25) is 0 Å². The predicted octanol–water partition coefficient (Wildman–Crippen LogP) is 0.313. The van der Waals surface area contributed by atoms with Crippen LogP contribution in [0.3, 0.4) is 0 Å². The molecule has 0 aliphatic heterocycles. The zero-order chi connectivity index (χ0) is 14.7. The van der Waals surface area contributed by atoms with Crippen molar-refractivity contribution in [3.63, 3.8) is 0 Å². The average molecular weight is 285 g/mol. The van der Waals surface area contributed by atoms with Crippen LogP contribution in [0.15, 0.2) is 30.7 Å². The third-order valence-corrected chi connectivity index (χ3v) is 2.67. The fourth-order valence-corrected chi connectivity index (χ4v) is 1.77. The van der Waals surface area contributed by atoms with E-state index in [4.69, 9.17) is 5.11 Å². The molecule has 0 saturated heterocycles. The van der Waals surface area contributed by atoms with Crippen molar-refractivity contribution in [2.24, 2.45) is 0 Å². The Balaban J connectivity index is 1.68. The molecule has 0 aromatic carbocycles. The number of anilines is 1. The second kappa shape index (κ2) is 5.49. The van der Waals surface area contributed by atoms with Crippen LogP contribution in [0.1, 0.15) is 5.69 Å². The van der Waals surface area contributed by atoms with Gasteiger partial charge in [-0.25, -0.2) is 14.6 Å². The number of rotatable bonds is 5. The topological polar surface area (TPSA) is 119 Å². The standard InChI is InChI=1S/C12H11N7O2/c20-11(21)7-19-6-8(17-18-19)5-15-10-2-1-9-12(16-10)14-4-3-13-9/h1-4,6H,5,7H2,(H,20,21)(H,14,15,16). The zero-order valence-corrected chi connectivity index (χ0v) is 10.8. The molecule has 3 heterocycles. The van der Waals surface area contributed by atoms with Crippen molar-refractivity contribution in [3.05, 3.63) is 36.4 Å². The molecule has 0 radical (unpaired) electrons. The van der Waals surface area contributed by atoms with Gasteiger partial charge in [-0.1, -0.05) is 5.21 Å². The molecule has 0 spiro atoms. The van der Waals surface area contributed by atoms with Crippen molar-refractivity contribution in [3.8, 4) is 0 Å². The lowest BCUT2D eigenvalue weighted by Gasteiger charge is -2.03. The molecule has 3 aromatic heterocycles. The molecule has 0 bridgehead atoms. The van der Waals surface area contributed by atoms with Crippen molar-refractivity contribution in [1.82, 2.24) is 29.9 Å². The Morgan fingerprint density at radius 1 is 1.29 bits per heavy atom. The number of hydrogen-bond acceptors (Lipinski definition) is 7. The van der Waals surface area contributed by atoms with Crippen molar-refractivity contribution in [2.45, 2.75) is 13.1 Å². The number of carboxylic acid groups (broad SMARTS) is 1. The molecule has 0 aliphatic rings. The van der Waals surface area contributed by atoms with Crippen LogP contribution in [0.25, 0.3) is 11.2 Å². The highest BCUT2D eigenvalue weighted by Crippen LogP contribution is 2.10. The lowest BCUT2D eigenvalue weighted by Crippen LogP contribution is -2.09. The van der Waals surface area contributed by atoms with Gasteiger partial charge in [-0.05, 0) is 12.1 Å². The Morgan fingerprint density at radius 3 is 3.00 bits per heavy atom. The van der Waals surface area contributed by atoms with Gasteiger partial charge in [0, 0.05) is 12.4 Å². The highest BCUT2D eigenvalue weighted by atomic mass is 16.4. The van der Waals surface area contributed by atoms with Crippen molar-refractivity contribution < 1.29 is 9.90 Å². The van der Waals surface area contributed by atoms with Crippen LogP contribution >= 0.6 is 0 Å². The van der Waals surface area contributed by atoms with Gasteiger partial charge in [-0.3, -0.25) is 9.78 Å². The fraction of sp³-hybridized carbons (Fsp3) is 0.167. The molecule has 2 N–H and O–H groups in total. The van der Waals surface area contributed by atoms with Crippen LogP contribution < -0.4 is 5.32 Å². The lowest BCUT2D eigenvalue weighted by atomic mass is 10.4. The maximum absolute atomic E-state index is 10.6. The Morgan fingerprint density at radius 2 is 2.14 bits per heavy atom. The Labute approximate surface area is 118 Å². The van der Waals surface area contributed by atoms with E-state index in [0.717, 1.165) is 5.52 Å². The lowest BCUT2D eigenvalue weighted by molar-refractivity contribution is -0.137. The van der Waals surface area contributed by atoms with Crippen LogP contribution in [0.5, 0.6) is 0 Å². The minimum absolute atomic E-state index is 0.211. The first-order valence-electron chi connectivity index (χ1n) is 6.13. The van der Waals surface area contributed by atoms with E-state index >= 15 is 0 Å². The summed E-state index contributed by atoms with van der Waals surface area (Å²) in [5.41, 5.74) is 1.89. The Bertz CT molecular complexity index is 786. The van der Waals surface area contributed by atoms with Crippen molar-refractivity contribution in [1.29, 1.82) is 0 Å². The first-order chi connectivity index (χ1) is 10.2. The van der Waals surface area contributed by atoms with E-state index in [1.54, 1.807) is 24.7 Å². The van der Waals surface area contributed by atoms with Gasteiger partial charge in [-0.15, -0.1) is 5.10 Å². The number of fused-ring (bicyclic) bond motifs is 1. The summed E-state index contributed by atoms with van der Waals surface area (Å²) >= 11 is 0. The molecule has 0 amide bonds. The average Bonchev–Trinajstić information content (AvgIpc) is 2.91. The molecule has 3 aromatic rings. The Hall–Kier alpha value is -3.10. The number of carboxylic acids is 1. The van der Waals surface area contributed by atoms with Gasteiger partial charge in [0.15, 0.2) is 5.65 Å². The minimum Gasteiger partial charge on any atom is -0.480 e. The minimum atomic E-state index is -0.964. The molecular weight excluding hydrogens is 274 g/mol. The summed E-state index contributed by atoms with van der Waals surface area (Å²) in [6.07, 6.45) is 4.76. The smallest absolute Gasteiger partial charge is 0.325 e. The molecule has 9 heteroatoms. The van der Waals surface area contributed by atoms with Crippen LogP contribution in [-0.2, 0) is 17.9 Å². The molecule has 3 rings (SSSR count). The summed E-state index contributed by atoms with van der Waals surface area (Å²) in [5.74, 6) is -0.329. The van der Waals surface area contributed by atoms with Gasteiger partial charge in [0.25, 0.3) is 0 Å². The second-order valence-corrected chi connectivity index (χ2v) is 4.25. The fourth-order valence-electron chi connectivity index (χ4n) is 1.77. The SMILES string of the molecule is O=C(O)Cn1cc(CNc2ccc3nccnc3n2)nn1. The van der Waals surface area contributed by atoms with Crippen LogP contribution in [0, 0.1) is 0 Å². The van der Waals surface area contributed by atoms with E-state index in [-0.39, 0.29) is 6.54 Å². The van der Waals surface area contributed by atoms with Gasteiger partial charge >= 0.3 is 5.97 Å². The molecule has 106 valence electrons. The molecule has 0 aliphatic carbocycles. The molecule has 0 fully saturated rings. The molecule has 0 unspecified atom stereocenters. The van der Waals surface area contributed by atoms with Gasteiger partial charge in [0.1, 0.15) is 23.6 Å². The maximum atomic E-state index is 10.6. The van der Waals surface area contributed by atoms with Crippen LogP contribution in [0.2, 0.25) is 0 Å². The third-order valence-electron chi connectivity index (χ3n) is 2.67. The zero-order valence-electron chi connectivity index (χ0n) is 10.8. The van der Waals surface area contributed by atoms with E-state index in [1.165, 1.54) is 4.68 Å². The van der Waals surface area contributed by atoms with Crippen LogP contribution in [0.4, 0.5) is 5.82 Å². The maximum Gasteiger partial charge on any atom is 0.325 e. The number of nitrogens with one attached hydrogen (secondary N) is 1. The third kappa shape index (κ3) is 3.08. The van der Waals surface area contributed by atoms with Crippen molar-refractivity contribution >= 4 is 23.0 Å². The highest BCUT2D eigenvalue weighted by Gasteiger charge is 2.05. The van der Waals surface area contributed by atoms with E-state index < -0.39 is 5.97 Å². The summed E-state index contributed by atoms with van der Waals surface area (Å²) in [5, 5.41) is 19.3. The summed E-state index contributed by atoms with van der Waals surface area (Å²) < 4.78 is 1.26. The van der Waals surface area contributed by atoms with E-state index in [1.807, 2.05) is 6.07 Å². The summed E-state index contributed by atoms with van der Waals surface area (Å²) in [6.45, 7) is 0.176. The summed E-state index contributed by atoms with van der Waals surface area (Å²) in [6, 6.07) is 3.61. The second-order valence-electron chi connectivity index (χ2n) is 4.25. The number of pyridine rings is 1. The summed E-state index contributed by atoms with van der Waals surface area (Å²) in [4.78, 5) is 23.1. The van der Waals surface area contributed by atoms with Crippen LogP contribution in [-0.4, -0.2) is 41.0 Å². The highest BCUT2D eigenvalue weighted by molar-refractivity contribution is 5.71. The molecule has 21 heavy (non-hydrogen) atoms. The van der Waals surface area contributed by atoms with Gasteiger partial charge in [0.05, 0.1) is 12.7 Å². The van der Waals surface area contributed by atoms with E-state index in [9.17, 15) is 4.79 Å². The number of hydrogen-bond donors (Lipinski definition) is 2. The number of aliphatic carboxylic acids is 1. The van der Waals surface area contributed by atoms with Gasteiger partial charge < -0.3 is 10.4 Å². The normalized spacial score (nSPS) is 10.7. The summed E-state index contributed by atoms with van der Waals surface area (Å²) in [7, 11) is 0. The number of nitrogens with zero attached hydrogens (tertiary/aromatic N) is 6. The quantitative estimate of drug-likeness (QED) is 0.687. The largest absolute Gasteiger partial charge is 0.480 e. The predicted molar refractivity (Wildman–Crippen MR) is 72.3 cm³/mol. The number of carbonyl (C=O) groups is 1. The molecule has 0 saturated carbocycles.